The van der Waals surface area contributed by atoms with Gasteiger partial charge >= 0.3 is 5.69 Å². The van der Waals surface area contributed by atoms with E-state index >= 15 is 0 Å². The predicted octanol–water partition coefficient (Wildman–Crippen LogP) is 2.08. The molecule has 8 heteroatoms. The molecule has 0 aliphatic rings. The van der Waals surface area contributed by atoms with Crippen LogP contribution in [-0.4, -0.2) is 22.0 Å². The molecule has 7 nitrogen and oxygen atoms in total. The summed E-state index contributed by atoms with van der Waals surface area (Å²) in [6, 6.07) is 2.08. The van der Waals surface area contributed by atoms with Gasteiger partial charge in [0.1, 0.15) is 0 Å². The van der Waals surface area contributed by atoms with Crippen molar-refractivity contribution < 1.29 is 14.1 Å². The fourth-order valence-corrected chi connectivity index (χ4v) is 1.56. The summed E-state index contributed by atoms with van der Waals surface area (Å²) in [6.45, 7) is 0.317. The number of methoxy groups -OCH3 is 1. The highest BCUT2D eigenvalue weighted by Crippen LogP contribution is 2.32. The number of nitrogens with one attached hydrogen (secondary N) is 2. The highest BCUT2D eigenvalue weighted by molar-refractivity contribution is 5.59. The number of aromatic nitrogens is 2. The quantitative estimate of drug-likeness (QED) is 0.638. The van der Waals surface area contributed by atoms with Crippen LogP contribution in [0.1, 0.15) is 5.69 Å². The maximum absolute atomic E-state index is 13.7. The first kappa shape index (κ1) is 12.8. The van der Waals surface area contributed by atoms with E-state index in [1.165, 1.54) is 19.5 Å². The van der Waals surface area contributed by atoms with Crippen molar-refractivity contribution in [2.45, 2.75) is 6.54 Å². The summed E-state index contributed by atoms with van der Waals surface area (Å²) in [5.74, 6) is -0.717. The number of rotatable bonds is 5. The third-order valence-electron chi connectivity index (χ3n) is 2.49. The van der Waals surface area contributed by atoms with Crippen LogP contribution in [0.15, 0.2) is 24.7 Å². The molecule has 1 aromatic carbocycles. The molecule has 0 aliphatic heterocycles. The smallest absolute Gasteiger partial charge is 0.313 e. The number of nitro benzene ring substituents is 1. The molecule has 0 bridgehead atoms. The van der Waals surface area contributed by atoms with E-state index < -0.39 is 16.4 Å². The van der Waals surface area contributed by atoms with E-state index in [9.17, 15) is 14.5 Å². The second-order valence-electron chi connectivity index (χ2n) is 3.69. The molecule has 0 radical (unpaired) electrons. The van der Waals surface area contributed by atoms with Crippen molar-refractivity contribution in [3.05, 3.63) is 46.3 Å². The third kappa shape index (κ3) is 2.79. The average molecular weight is 266 g/mol. The molecule has 100 valence electrons. The lowest BCUT2D eigenvalue weighted by Gasteiger charge is -2.09. The van der Waals surface area contributed by atoms with Crippen molar-refractivity contribution in [1.82, 2.24) is 9.97 Å². The van der Waals surface area contributed by atoms with E-state index in [4.69, 9.17) is 4.74 Å². The highest BCUT2D eigenvalue weighted by atomic mass is 19.1. The summed E-state index contributed by atoms with van der Waals surface area (Å²) in [5, 5.41) is 13.5. The first-order valence-electron chi connectivity index (χ1n) is 5.35. The van der Waals surface area contributed by atoms with Crippen LogP contribution in [0.25, 0.3) is 0 Å². The molecule has 19 heavy (non-hydrogen) atoms. The SMILES string of the molecule is COc1cc(NCc2cnc[nH]2)c(F)cc1[N+](=O)[O-]. The molecule has 2 N–H and O–H groups in total. The Morgan fingerprint density at radius 1 is 1.58 bits per heavy atom. The van der Waals surface area contributed by atoms with Gasteiger partial charge in [-0.25, -0.2) is 9.37 Å². The van der Waals surface area contributed by atoms with E-state index in [2.05, 4.69) is 15.3 Å². The lowest BCUT2D eigenvalue weighted by molar-refractivity contribution is -0.385. The Morgan fingerprint density at radius 2 is 2.37 bits per heavy atom. The molecule has 0 atom stereocenters. The Labute approximate surface area is 107 Å². The van der Waals surface area contributed by atoms with Crippen LogP contribution in [0, 0.1) is 15.9 Å². The molecule has 2 rings (SSSR count). The van der Waals surface area contributed by atoms with Crippen LogP contribution in [0.4, 0.5) is 15.8 Å². The largest absolute Gasteiger partial charge is 0.490 e. The third-order valence-corrected chi connectivity index (χ3v) is 2.49. The molecular weight excluding hydrogens is 255 g/mol. The first-order valence-corrected chi connectivity index (χ1v) is 5.35. The number of imidazole rings is 1. The van der Waals surface area contributed by atoms with Crippen molar-refractivity contribution in [2.75, 3.05) is 12.4 Å². The Hall–Kier alpha value is -2.64. The summed E-state index contributed by atoms with van der Waals surface area (Å²) in [7, 11) is 1.29. The van der Waals surface area contributed by atoms with Crippen LogP contribution in [-0.2, 0) is 6.54 Å². The zero-order chi connectivity index (χ0) is 13.8. The monoisotopic (exact) mass is 266 g/mol. The Morgan fingerprint density at radius 3 is 2.95 bits per heavy atom. The molecule has 0 saturated carbocycles. The Kier molecular flexibility index (Phi) is 3.60. The molecule has 0 unspecified atom stereocenters. The van der Waals surface area contributed by atoms with Crippen LogP contribution >= 0.6 is 0 Å². The first-order chi connectivity index (χ1) is 9.11. The van der Waals surface area contributed by atoms with E-state index in [1.807, 2.05) is 0 Å². The van der Waals surface area contributed by atoms with E-state index in [0.29, 0.717) is 6.54 Å². The van der Waals surface area contributed by atoms with E-state index in [1.54, 1.807) is 6.20 Å². The van der Waals surface area contributed by atoms with Gasteiger partial charge in [-0.1, -0.05) is 0 Å². The number of anilines is 1. The summed E-state index contributed by atoms with van der Waals surface area (Å²) in [6.07, 6.45) is 3.09. The normalized spacial score (nSPS) is 10.2. The Bertz CT molecular complexity index is 586. The van der Waals surface area contributed by atoms with E-state index in [-0.39, 0.29) is 11.4 Å². The minimum absolute atomic E-state index is 0.00138. The van der Waals surface area contributed by atoms with E-state index in [0.717, 1.165) is 11.8 Å². The molecule has 0 fully saturated rings. The number of nitrogens with zero attached hydrogens (tertiary/aromatic N) is 2. The lowest BCUT2D eigenvalue weighted by atomic mass is 10.2. The van der Waals surface area contributed by atoms with Crippen molar-refractivity contribution in [3.63, 3.8) is 0 Å². The minimum Gasteiger partial charge on any atom is -0.490 e. The van der Waals surface area contributed by atoms with Gasteiger partial charge in [0, 0.05) is 12.3 Å². The Balaban J connectivity index is 2.23. The van der Waals surface area contributed by atoms with Gasteiger partial charge in [0.05, 0.1) is 42.4 Å². The number of nitro groups is 1. The molecular formula is C11H11FN4O3. The van der Waals surface area contributed by atoms with Gasteiger partial charge in [0.15, 0.2) is 11.6 Å². The van der Waals surface area contributed by atoms with Gasteiger partial charge in [0.2, 0.25) is 0 Å². The van der Waals surface area contributed by atoms with Crippen LogP contribution in [0.3, 0.4) is 0 Å². The van der Waals surface area contributed by atoms with Gasteiger partial charge in [-0.05, 0) is 0 Å². The number of H-pyrrole nitrogens is 1. The number of benzene rings is 1. The maximum atomic E-state index is 13.7. The second-order valence-corrected chi connectivity index (χ2v) is 3.69. The predicted molar refractivity (Wildman–Crippen MR) is 65.5 cm³/mol. The second kappa shape index (κ2) is 5.34. The molecule has 0 saturated heterocycles. The molecule has 1 heterocycles. The minimum atomic E-state index is -0.716. The number of hydrogen-bond donors (Lipinski definition) is 2. The topological polar surface area (TPSA) is 93.1 Å². The standard InChI is InChI=1S/C11H11FN4O3/c1-19-11-3-9(8(12)2-10(11)16(17)18)14-5-7-4-13-6-15-7/h2-4,6,14H,5H2,1H3,(H,13,15). The fraction of sp³-hybridized carbons (Fsp3) is 0.182. The van der Waals surface area contributed by atoms with Gasteiger partial charge in [0.25, 0.3) is 0 Å². The molecule has 0 spiro atoms. The number of hydrogen-bond acceptors (Lipinski definition) is 5. The van der Waals surface area contributed by atoms with Gasteiger partial charge in [-0.15, -0.1) is 0 Å². The number of ether oxygens (including phenoxy) is 1. The van der Waals surface area contributed by atoms with Crippen molar-refractivity contribution in [2.24, 2.45) is 0 Å². The van der Waals surface area contributed by atoms with Crippen molar-refractivity contribution >= 4 is 11.4 Å². The van der Waals surface area contributed by atoms with Crippen LogP contribution in [0.5, 0.6) is 5.75 Å². The lowest BCUT2D eigenvalue weighted by Crippen LogP contribution is -2.03. The average Bonchev–Trinajstić information content (AvgIpc) is 2.90. The van der Waals surface area contributed by atoms with Crippen molar-refractivity contribution in [3.8, 4) is 5.75 Å². The van der Waals surface area contributed by atoms with Gasteiger partial charge < -0.3 is 15.0 Å². The summed E-state index contributed by atoms with van der Waals surface area (Å²) in [5.41, 5.74) is 0.473. The molecule has 0 amide bonds. The van der Waals surface area contributed by atoms with Crippen molar-refractivity contribution in [1.29, 1.82) is 0 Å². The summed E-state index contributed by atoms with van der Waals surface area (Å²) >= 11 is 0. The van der Waals surface area contributed by atoms with Crippen LogP contribution in [0.2, 0.25) is 0 Å². The summed E-state index contributed by atoms with van der Waals surface area (Å²) < 4.78 is 18.6. The van der Waals surface area contributed by atoms with Crippen LogP contribution < -0.4 is 10.1 Å². The molecule has 1 aromatic heterocycles. The zero-order valence-corrected chi connectivity index (χ0v) is 10.0. The zero-order valence-electron chi connectivity index (χ0n) is 10.0. The summed E-state index contributed by atoms with van der Waals surface area (Å²) in [4.78, 5) is 16.7. The number of halogens is 1. The fourth-order valence-electron chi connectivity index (χ4n) is 1.56. The highest BCUT2D eigenvalue weighted by Gasteiger charge is 2.19. The number of aromatic amines is 1. The van der Waals surface area contributed by atoms with Gasteiger partial charge in [-0.3, -0.25) is 10.1 Å². The van der Waals surface area contributed by atoms with Gasteiger partial charge in [-0.2, -0.15) is 0 Å². The maximum Gasteiger partial charge on any atom is 0.313 e. The molecule has 2 aromatic rings. The molecule has 0 aliphatic carbocycles.